The molecule has 0 aliphatic carbocycles. The van der Waals surface area contributed by atoms with Crippen LogP contribution in [0, 0.1) is 0 Å². The Hall–Kier alpha value is -1.09. The summed E-state index contributed by atoms with van der Waals surface area (Å²) >= 11 is 4.81. The summed E-state index contributed by atoms with van der Waals surface area (Å²) in [5.74, 6) is 0.263. The van der Waals surface area contributed by atoms with Crippen LogP contribution in [-0.2, 0) is 16.6 Å². The highest BCUT2D eigenvalue weighted by atomic mass is 79.9. The van der Waals surface area contributed by atoms with Gasteiger partial charge in [0.2, 0.25) is 10.0 Å². The van der Waals surface area contributed by atoms with Crippen LogP contribution >= 0.6 is 27.3 Å². The zero-order valence-corrected chi connectivity index (χ0v) is 13.8. The number of thiophene rings is 1. The molecule has 1 aromatic carbocycles. The molecule has 0 fully saturated rings. The van der Waals surface area contributed by atoms with Gasteiger partial charge in [-0.3, -0.25) is 0 Å². The van der Waals surface area contributed by atoms with Gasteiger partial charge in [-0.25, -0.2) is 13.1 Å². The Morgan fingerprint density at radius 2 is 2.10 bits per heavy atom. The largest absolute Gasteiger partial charge is 0.495 e. The number of nitrogens with two attached hydrogens (primary N) is 1. The lowest BCUT2D eigenvalue weighted by molar-refractivity contribution is 0.402. The Balaban J connectivity index is 2.24. The van der Waals surface area contributed by atoms with Crippen molar-refractivity contribution in [3.63, 3.8) is 0 Å². The first-order valence-corrected chi connectivity index (χ1v) is 8.69. The third-order valence-electron chi connectivity index (χ3n) is 2.54. The van der Waals surface area contributed by atoms with Crippen molar-refractivity contribution in [2.75, 3.05) is 12.8 Å². The SMILES string of the molecule is COc1ccc(N)cc1S(=O)(=O)NCc1ccc(Br)s1. The number of methoxy groups -OCH3 is 1. The zero-order chi connectivity index (χ0) is 14.8. The van der Waals surface area contributed by atoms with Crippen LogP contribution in [0.5, 0.6) is 5.75 Å². The molecular weight excluding hydrogens is 364 g/mol. The Labute approximate surface area is 129 Å². The predicted octanol–water partition coefficient (Wildman–Crippen LogP) is 2.58. The smallest absolute Gasteiger partial charge is 0.244 e. The minimum Gasteiger partial charge on any atom is -0.495 e. The molecule has 3 N–H and O–H groups in total. The number of anilines is 1. The van der Waals surface area contributed by atoms with Crippen molar-refractivity contribution in [1.29, 1.82) is 0 Å². The number of benzene rings is 1. The van der Waals surface area contributed by atoms with Crippen molar-refractivity contribution in [3.8, 4) is 5.75 Å². The lowest BCUT2D eigenvalue weighted by Crippen LogP contribution is -2.23. The van der Waals surface area contributed by atoms with E-state index < -0.39 is 10.0 Å². The summed E-state index contributed by atoms with van der Waals surface area (Å²) in [5, 5.41) is 0. The number of hydrogen-bond acceptors (Lipinski definition) is 5. The van der Waals surface area contributed by atoms with Gasteiger partial charge < -0.3 is 10.5 Å². The van der Waals surface area contributed by atoms with E-state index in [0.717, 1.165) is 8.66 Å². The summed E-state index contributed by atoms with van der Waals surface area (Å²) in [4.78, 5) is 0.943. The fourth-order valence-corrected chi connectivity index (χ4v) is 4.32. The molecule has 0 saturated carbocycles. The summed E-state index contributed by atoms with van der Waals surface area (Å²) < 4.78 is 33.1. The summed E-state index contributed by atoms with van der Waals surface area (Å²) in [5.41, 5.74) is 6.00. The lowest BCUT2D eigenvalue weighted by Gasteiger charge is -2.10. The quantitative estimate of drug-likeness (QED) is 0.785. The number of ether oxygens (including phenoxy) is 1. The van der Waals surface area contributed by atoms with E-state index in [2.05, 4.69) is 20.7 Å². The second-order valence-electron chi connectivity index (χ2n) is 3.94. The van der Waals surface area contributed by atoms with Crippen LogP contribution in [0.25, 0.3) is 0 Å². The highest BCUT2D eigenvalue weighted by Crippen LogP contribution is 2.27. The van der Waals surface area contributed by atoms with Crippen LogP contribution in [0.2, 0.25) is 0 Å². The number of nitrogens with one attached hydrogen (secondary N) is 1. The van der Waals surface area contributed by atoms with Crippen LogP contribution in [0.4, 0.5) is 5.69 Å². The van der Waals surface area contributed by atoms with Gasteiger partial charge in [-0.05, 0) is 46.3 Å². The Kier molecular flexibility index (Phi) is 4.69. The third kappa shape index (κ3) is 3.51. The highest BCUT2D eigenvalue weighted by Gasteiger charge is 2.19. The van der Waals surface area contributed by atoms with Crippen molar-refractivity contribution in [2.24, 2.45) is 0 Å². The second-order valence-corrected chi connectivity index (χ2v) is 8.22. The average Bonchev–Trinajstić information content (AvgIpc) is 2.82. The van der Waals surface area contributed by atoms with Crippen LogP contribution in [0.15, 0.2) is 39.0 Å². The van der Waals surface area contributed by atoms with Crippen LogP contribution in [0.3, 0.4) is 0 Å². The van der Waals surface area contributed by atoms with E-state index in [1.54, 1.807) is 6.07 Å². The molecule has 8 heteroatoms. The molecule has 5 nitrogen and oxygen atoms in total. The van der Waals surface area contributed by atoms with Gasteiger partial charge in [-0.15, -0.1) is 11.3 Å². The van der Waals surface area contributed by atoms with Gasteiger partial charge >= 0.3 is 0 Å². The molecule has 0 aliphatic rings. The van der Waals surface area contributed by atoms with Crippen molar-refractivity contribution < 1.29 is 13.2 Å². The molecule has 108 valence electrons. The minimum absolute atomic E-state index is 0.0376. The summed E-state index contributed by atoms with van der Waals surface area (Å²) in [7, 11) is -2.26. The van der Waals surface area contributed by atoms with Gasteiger partial charge in [0.05, 0.1) is 10.9 Å². The molecule has 20 heavy (non-hydrogen) atoms. The molecule has 1 heterocycles. The Morgan fingerprint density at radius 3 is 2.70 bits per heavy atom. The molecular formula is C12H13BrN2O3S2. The summed E-state index contributed by atoms with van der Waals surface area (Å²) in [6.45, 7) is 0.219. The van der Waals surface area contributed by atoms with E-state index >= 15 is 0 Å². The molecule has 2 rings (SSSR count). The van der Waals surface area contributed by atoms with E-state index in [9.17, 15) is 8.42 Å². The number of nitrogen functional groups attached to an aromatic ring is 1. The van der Waals surface area contributed by atoms with E-state index in [1.165, 1.54) is 30.6 Å². The topological polar surface area (TPSA) is 81.4 Å². The normalized spacial score (nSPS) is 11.5. The van der Waals surface area contributed by atoms with Crippen molar-refractivity contribution in [3.05, 3.63) is 39.0 Å². The molecule has 2 aromatic rings. The molecule has 0 bridgehead atoms. The maximum absolute atomic E-state index is 12.3. The molecule has 0 unspecified atom stereocenters. The highest BCUT2D eigenvalue weighted by molar-refractivity contribution is 9.11. The monoisotopic (exact) mass is 376 g/mol. The predicted molar refractivity (Wildman–Crippen MR) is 83.5 cm³/mol. The zero-order valence-electron chi connectivity index (χ0n) is 10.6. The second kappa shape index (κ2) is 6.13. The lowest BCUT2D eigenvalue weighted by atomic mass is 10.3. The first-order chi connectivity index (χ1) is 9.42. The first kappa shape index (κ1) is 15.3. The number of hydrogen-bond donors (Lipinski definition) is 2. The van der Waals surface area contributed by atoms with Gasteiger partial charge in [0.25, 0.3) is 0 Å². The summed E-state index contributed by atoms with van der Waals surface area (Å²) in [6.07, 6.45) is 0. The van der Waals surface area contributed by atoms with Gasteiger partial charge in [0.1, 0.15) is 10.6 Å². The standard InChI is InChI=1S/C12H13BrN2O3S2/c1-18-10-4-2-8(14)6-11(10)20(16,17)15-7-9-3-5-12(13)19-9/h2-6,15H,7,14H2,1H3. The van der Waals surface area contributed by atoms with E-state index in [-0.39, 0.29) is 17.2 Å². The maximum atomic E-state index is 12.3. The van der Waals surface area contributed by atoms with Crippen molar-refractivity contribution >= 4 is 43.0 Å². The average molecular weight is 377 g/mol. The van der Waals surface area contributed by atoms with Gasteiger partial charge in [0, 0.05) is 17.1 Å². The van der Waals surface area contributed by atoms with E-state index in [1.807, 2.05) is 12.1 Å². The Morgan fingerprint density at radius 1 is 1.35 bits per heavy atom. The number of rotatable bonds is 5. The number of sulfonamides is 1. The molecule has 0 atom stereocenters. The first-order valence-electron chi connectivity index (χ1n) is 5.60. The minimum atomic E-state index is -3.68. The van der Waals surface area contributed by atoms with Gasteiger partial charge in [-0.1, -0.05) is 0 Å². The molecule has 0 aliphatic heterocycles. The Bertz CT molecular complexity index is 713. The molecule has 0 radical (unpaired) electrons. The van der Waals surface area contributed by atoms with Crippen molar-refractivity contribution in [1.82, 2.24) is 4.72 Å². The molecule has 0 saturated heterocycles. The fourth-order valence-electron chi connectivity index (χ4n) is 1.59. The van der Waals surface area contributed by atoms with E-state index in [0.29, 0.717) is 5.69 Å². The maximum Gasteiger partial charge on any atom is 0.244 e. The number of halogens is 1. The molecule has 0 amide bonds. The molecule has 1 aromatic heterocycles. The van der Waals surface area contributed by atoms with Gasteiger partial charge in [0.15, 0.2) is 0 Å². The van der Waals surface area contributed by atoms with Crippen LogP contribution in [0.1, 0.15) is 4.88 Å². The third-order valence-corrected chi connectivity index (χ3v) is 5.59. The summed E-state index contributed by atoms with van der Waals surface area (Å²) in [6, 6.07) is 8.23. The fraction of sp³-hybridized carbons (Fsp3) is 0.167. The van der Waals surface area contributed by atoms with Gasteiger partial charge in [-0.2, -0.15) is 0 Å². The van der Waals surface area contributed by atoms with Crippen LogP contribution < -0.4 is 15.2 Å². The van der Waals surface area contributed by atoms with Crippen LogP contribution in [-0.4, -0.2) is 15.5 Å². The molecule has 0 spiro atoms. The van der Waals surface area contributed by atoms with E-state index in [4.69, 9.17) is 10.5 Å². The van der Waals surface area contributed by atoms with Crippen molar-refractivity contribution in [2.45, 2.75) is 11.4 Å².